The summed E-state index contributed by atoms with van der Waals surface area (Å²) in [5.74, 6) is 0. The maximum Gasteiger partial charge on any atom is 0.0694 e. The highest BCUT2D eigenvalue weighted by atomic mass is 16.5. The first-order valence-electron chi connectivity index (χ1n) is 9.35. The molecule has 23 heavy (non-hydrogen) atoms. The van der Waals surface area contributed by atoms with Gasteiger partial charge in [-0.15, -0.1) is 0 Å². The monoisotopic (exact) mass is 334 g/mol. The van der Waals surface area contributed by atoms with Crippen LogP contribution in [0.3, 0.4) is 0 Å². The van der Waals surface area contributed by atoms with E-state index in [-0.39, 0.29) is 5.60 Å². The van der Waals surface area contributed by atoms with Crippen molar-refractivity contribution in [3.63, 3.8) is 0 Å². The lowest BCUT2D eigenvalue weighted by Gasteiger charge is -2.32. The van der Waals surface area contributed by atoms with Gasteiger partial charge in [-0.1, -0.05) is 34.6 Å². The van der Waals surface area contributed by atoms with Gasteiger partial charge in [0.25, 0.3) is 0 Å². The zero-order valence-corrected chi connectivity index (χ0v) is 16.7. The van der Waals surface area contributed by atoms with Crippen molar-refractivity contribution in [1.29, 1.82) is 0 Å². The van der Waals surface area contributed by atoms with Gasteiger partial charge in [-0.05, 0) is 44.4 Å². The quantitative estimate of drug-likeness (QED) is 0.829. The number of hydrogen-bond donors (Lipinski definition) is 1. The van der Waals surface area contributed by atoms with Crippen LogP contribution < -0.4 is 0 Å². The Morgan fingerprint density at radius 1 is 0.826 bits per heavy atom. The summed E-state index contributed by atoms with van der Waals surface area (Å²) in [5.41, 5.74) is 0.450. The van der Waals surface area contributed by atoms with Gasteiger partial charge in [-0.3, -0.25) is 0 Å². The van der Waals surface area contributed by atoms with Gasteiger partial charge < -0.3 is 19.3 Å². The van der Waals surface area contributed by atoms with Crippen molar-refractivity contribution >= 4 is 0 Å². The van der Waals surface area contributed by atoms with E-state index in [2.05, 4.69) is 13.8 Å². The Bertz CT molecular complexity index is 226. The fourth-order valence-corrected chi connectivity index (χ4v) is 2.39. The second kappa shape index (κ2) is 15.4. The zero-order chi connectivity index (χ0) is 18.2. The smallest absolute Gasteiger partial charge is 0.0694 e. The third-order valence-electron chi connectivity index (χ3n) is 4.46. The summed E-state index contributed by atoms with van der Waals surface area (Å²) in [6.45, 7) is 16.1. The van der Waals surface area contributed by atoms with Crippen LogP contribution in [0.2, 0.25) is 0 Å². The number of aliphatic hydroxyl groups excluding tert-OH is 1. The van der Waals surface area contributed by atoms with Crippen LogP contribution in [0.5, 0.6) is 0 Å². The van der Waals surface area contributed by atoms with Crippen LogP contribution in [0.1, 0.15) is 73.6 Å². The molecule has 0 aromatic heterocycles. The molecule has 0 atom stereocenters. The largest absolute Gasteiger partial charge is 0.396 e. The van der Waals surface area contributed by atoms with Gasteiger partial charge in [0.15, 0.2) is 0 Å². The minimum Gasteiger partial charge on any atom is -0.396 e. The summed E-state index contributed by atoms with van der Waals surface area (Å²) in [6, 6.07) is 0. The zero-order valence-electron chi connectivity index (χ0n) is 16.7. The van der Waals surface area contributed by atoms with Crippen LogP contribution in [-0.4, -0.2) is 50.9 Å². The van der Waals surface area contributed by atoms with Gasteiger partial charge in [0.1, 0.15) is 0 Å². The fraction of sp³-hybridized carbons (Fsp3) is 1.00. The molecule has 2 saturated heterocycles. The molecule has 2 aliphatic rings. The Hall–Kier alpha value is -0.160. The Morgan fingerprint density at radius 2 is 1.22 bits per heavy atom. The molecule has 0 spiro atoms. The van der Waals surface area contributed by atoms with Crippen molar-refractivity contribution in [2.75, 3.05) is 40.1 Å². The molecular weight excluding hydrogens is 292 g/mol. The van der Waals surface area contributed by atoms with Gasteiger partial charge in [-0.25, -0.2) is 0 Å². The number of hydrogen-bond acceptors (Lipinski definition) is 4. The Morgan fingerprint density at radius 3 is 1.52 bits per heavy atom. The average molecular weight is 335 g/mol. The lowest BCUT2D eigenvalue weighted by atomic mass is 9.80. The van der Waals surface area contributed by atoms with E-state index in [0.717, 1.165) is 58.5 Å². The SMILES string of the molecule is CC.CC.CC1(CCO)CCOCC1.COC1(C)CCOCC1. The van der Waals surface area contributed by atoms with E-state index in [4.69, 9.17) is 19.3 Å². The third-order valence-corrected chi connectivity index (χ3v) is 4.46. The molecule has 2 fully saturated rings. The average Bonchev–Trinajstić information content (AvgIpc) is 2.60. The fourth-order valence-electron chi connectivity index (χ4n) is 2.39. The summed E-state index contributed by atoms with van der Waals surface area (Å²) in [7, 11) is 1.77. The maximum absolute atomic E-state index is 8.74. The second-order valence-corrected chi connectivity index (χ2v) is 6.16. The minimum atomic E-state index is 0.0955. The molecule has 0 aromatic carbocycles. The van der Waals surface area contributed by atoms with Crippen LogP contribution >= 0.6 is 0 Å². The maximum atomic E-state index is 8.74. The molecule has 0 bridgehead atoms. The van der Waals surface area contributed by atoms with Gasteiger partial charge >= 0.3 is 0 Å². The molecular formula is C19H42O4. The van der Waals surface area contributed by atoms with E-state index in [1.165, 1.54) is 0 Å². The number of ether oxygens (including phenoxy) is 3. The van der Waals surface area contributed by atoms with E-state index in [1.54, 1.807) is 7.11 Å². The Labute approximate surface area is 144 Å². The second-order valence-electron chi connectivity index (χ2n) is 6.16. The highest BCUT2D eigenvalue weighted by Gasteiger charge is 2.26. The molecule has 0 aromatic rings. The third kappa shape index (κ3) is 11.9. The van der Waals surface area contributed by atoms with E-state index < -0.39 is 0 Å². The van der Waals surface area contributed by atoms with E-state index in [9.17, 15) is 0 Å². The van der Waals surface area contributed by atoms with Crippen LogP contribution in [0, 0.1) is 5.41 Å². The standard InChI is InChI=1S/C8H16O2.C7H14O2.2C2H6/c1-8(2-5-9)3-6-10-7-4-8;1-7(8-2)3-5-9-6-4-7;2*1-2/h9H,2-7H2,1H3;3-6H2,1-2H3;2*1-2H3. The van der Waals surface area contributed by atoms with Gasteiger partial charge in [0, 0.05) is 40.1 Å². The van der Waals surface area contributed by atoms with Gasteiger partial charge in [0.05, 0.1) is 5.60 Å². The number of aliphatic hydroxyl groups is 1. The van der Waals surface area contributed by atoms with E-state index in [0.29, 0.717) is 12.0 Å². The molecule has 0 radical (unpaired) electrons. The molecule has 1 N–H and O–H groups in total. The molecule has 0 unspecified atom stereocenters. The Balaban J connectivity index is 0. The highest BCUT2D eigenvalue weighted by molar-refractivity contribution is 4.77. The van der Waals surface area contributed by atoms with Gasteiger partial charge in [-0.2, -0.15) is 0 Å². The highest BCUT2D eigenvalue weighted by Crippen LogP contribution is 2.32. The molecule has 142 valence electrons. The molecule has 2 heterocycles. The van der Waals surface area contributed by atoms with Crippen molar-refractivity contribution in [3.8, 4) is 0 Å². The topological polar surface area (TPSA) is 47.9 Å². The van der Waals surface area contributed by atoms with E-state index >= 15 is 0 Å². The first kappa shape index (κ1) is 25.1. The number of methoxy groups -OCH3 is 1. The van der Waals surface area contributed by atoms with Gasteiger partial charge in [0.2, 0.25) is 0 Å². The van der Waals surface area contributed by atoms with Crippen molar-refractivity contribution in [2.24, 2.45) is 5.41 Å². The Kier molecular flexibility index (Phi) is 16.8. The molecule has 2 rings (SSSR count). The molecule has 4 nitrogen and oxygen atoms in total. The van der Waals surface area contributed by atoms with Crippen molar-refractivity contribution in [2.45, 2.75) is 79.2 Å². The lowest BCUT2D eigenvalue weighted by molar-refractivity contribution is -0.0773. The summed E-state index contributed by atoms with van der Waals surface area (Å²) in [4.78, 5) is 0. The summed E-state index contributed by atoms with van der Waals surface area (Å²) >= 11 is 0. The molecule has 0 saturated carbocycles. The van der Waals surface area contributed by atoms with Crippen LogP contribution in [0.4, 0.5) is 0 Å². The number of rotatable bonds is 3. The summed E-state index contributed by atoms with van der Waals surface area (Å²) in [6.07, 6.45) is 5.20. The van der Waals surface area contributed by atoms with Crippen LogP contribution in [-0.2, 0) is 14.2 Å². The van der Waals surface area contributed by atoms with Crippen LogP contribution in [0.25, 0.3) is 0 Å². The van der Waals surface area contributed by atoms with Crippen molar-refractivity contribution in [1.82, 2.24) is 0 Å². The lowest BCUT2D eigenvalue weighted by Crippen LogP contribution is -2.34. The first-order valence-corrected chi connectivity index (χ1v) is 9.35. The molecule has 4 heteroatoms. The summed E-state index contributed by atoms with van der Waals surface area (Å²) in [5, 5.41) is 8.74. The van der Waals surface area contributed by atoms with Crippen LogP contribution in [0.15, 0.2) is 0 Å². The predicted octanol–water partition coefficient (Wildman–Crippen LogP) is 4.44. The predicted molar refractivity (Wildman–Crippen MR) is 98.0 cm³/mol. The summed E-state index contributed by atoms with van der Waals surface area (Å²) < 4.78 is 15.7. The van der Waals surface area contributed by atoms with Crippen molar-refractivity contribution in [3.05, 3.63) is 0 Å². The van der Waals surface area contributed by atoms with E-state index in [1.807, 2.05) is 27.7 Å². The normalized spacial score (nSPS) is 21.4. The molecule has 0 amide bonds. The van der Waals surface area contributed by atoms with Crippen molar-refractivity contribution < 1.29 is 19.3 Å². The first-order chi connectivity index (χ1) is 11.0. The molecule has 2 aliphatic heterocycles. The molecule has 0 aliphatic carbocycles. The minimum absolute atomic E-state index is 0.0955.